The van der Waals surface area contributed by atoms with Gasteiger partial charge in [-0.1, -0.05) is 97.1 Å². The third kappa shape index (κ3) is 5.38. The lowest BCUT2D eigenvalue weighted by Crippen LogP contribution is -2.33. The molecule has 5 aromatic carbocycles. The molecule has 6 heteroatoms. The Morgan fingerprint density at radius 1 is 0.510 bits per heavy atom. The molecule has 2 aliphatic rings. The number of carbonyl (C=O) groups is 4. The van der Waals surface area contributed by atoms with Crippen LogP contribution in [-0.2, 0) is 18.3 Å². The van der Waals surface area contributed by atoms with Crippen LogP contribution in [0.15, 0.2) is 109 Å². The fourth-order valence-corrected chi connectivity index (χ4v) is 7.44. The third-order valence-electron chi connectivity index (χ3n) is 9.87. The Bertz CT molecular complexity index is 2120. The van der Waals surface area contributed by atoms with Crippen molar-refractivity contribution in [2.75, 3.05) is 0 Å². The molecule has 0 bridgehead atoms. The number of rotatable bonds is 8. The molecule has 0 radical (unpaired) electrons. The molecule has 5 aromatic rings. The van der Waals surface area contributed by atoms with Gasteiger partial charge >= 0.3 is 0 Å². The molecule has 0 aliphatic heterocycles. The maximum absolute atomic E-state index is 14.0. The Balaban J connectivity index is 1.41. The molecule has 2 N–H and O–H groups in total. The first-order valence-electron chi connectivity index (χ1n) is 16.4. The second kappa shape index (κ2) is 11.4. The van der Waals surface area contributed by atoms with Crippen LogP contribution >= 0.6 is 0 Å². The van der Waals surface area contributed by atoms with Gasteiger partial charge in [-0.2, -0.15) is 0 Å². The first-order chi connectivity index (χ1) is 23.2. The highest BCUT2D eigenvalue weighted by Gasteiger charge is 2.45. The number of fused-ring (bicyclic) bond motifs is 5. The lowest BCUT2D eigenvalue weighted by atomic mass is 9.68. The van der Waals surface area contributed by atoms with Gasteiger partial charge in [0.1, 0.15) is 11.2 Å². The molecule has 0 spiro atoms. The van der Waals surface area contributed by atoms with Crippen LogP contribution in [0.2, 0.25) is 0 Å². The minimum Gasteiger partial charge on any atom is -0.382 e. The number of aliphatic hydroxyl groups is 2. The Kier molecular flexibility index (Phi) is 7.51. The van der Waals surface area contributed by atoms with E-state index >= 15 is 0 Å². The first-order valence-corrected chi connectivity index (χ1v) is 16.4. The monoisotopic (exact) mass is 648 g/mol. The van der Waals surface area contributed by atoms with Gasteiger partial charge in [0.15, 0.2) is 23.1 Å². The zero-order valence-electron chi connectivity index (χ0n) is 27.8. The van der Waals surface area contributed by atoms with Gasteiger partial charge < -0.3 is 10.2 Å². The fraction of sp³-hybridized carbons (Fsp3) is 0.209. The topological polar surface area (TPSA) is 109 Å². The van der Waals surface area contributed by atoms with Crippen molar-refractivity contribution in [3.63, 3.8) is 0 Å². The SMILES string of the molecule is CC(C)(O)C(=O)c1ccc(CC2(Cc3ccc(C(=O)C(C)(C)O)cc3)c3ccccc3-c3cc4c(cc32)C(=O)c2ccccc2C4=O)cc1. The fourth-order valence-electron chi connectivity index (χ4n) is 7.44. The Morgan fingerprint density at radius 3 is 1.37 bits per heavy atom. The van der Waals surface area contributed by atoms with E-state index in [2.05, 4.69) is 6.07 Å². The van der Waals surface area contributed by atoms with Crippen LogP contribution in [0.1, 0.15) is 103 Å². The summed E-state index contributed by atoms with van der Waals surface area (Å²) in [6, 6.07) is 33.3. The molecule has 0 saturated carbocycles. The summed E-state index contributed by atoms with van der Waals surface area (Å²) in [5.41, 5.74) is 4.34. The van der Waals surface area contributed by atoms with Crippen LogP contribution in [0.25, 0.3) is 11.1 Å². The van der Waals surface area contributed by atoms with Gasteiger partial charge in [-0.3, -0.25) is 19.2 Å². The molecule has 0 heterocycles. The van der Waals surface area contributed by atoms with Crippen molar-refractivity contribution in [2.24, 2.45) is 0 Å². The van der Waals surface area contributed by atoms with Crippen molar-refractivity contribution >= 4 is 23.1 Å². The van der Waals surface area contributed by atoms with Crippen molar-refractivity contribution in [3.8, 4) is 11.1 Å². The van der Waals surface area contributed by atoms with E-state index < -0.39 is 16.6 Å². The van der Waals surface area contributed by atoms with Crippen molar-refractivity contribution in [1.82, 2.24) is 0 Å². The first kappa shape index (κ1) is 32.3. The van der Waals surface area contributed by atoms with E-state index in [4.69, 9.17) is 0 Å². The van der Waals surface area contributed by atoms with Gasteiger partial charge in [-0.15, -0.1) is 0 Å². The van der Waals surface area contributed by atoms with E-state index in [0.29, 0.717) is 46.2 Å². The molecule has 7 rings (SSSR count). The summed E-state index contributed by atoms with van der Waals surface area (Å²) in [5.74, 6) is -1.12. The standard InChI is InChI=1S/C43H36O6/c1-41(2,48)39(46)27-17-13-25(14-18-27)23-43(24-26-15-19-28(20-16-26)40(47)42(3,4)49)35-12-8-7-9-29(35)32-21-33-34(22-36(32)43)38(45)31-11-6-5-10-30(31)37(33)44/h5-22,48-49H,23-24H2,1-4H3. The number of hydrogen-bond donors (Lipinski definition) is 2. The largest absolute Gasteiger partial charge is 0.382 e. The molecule has 0 fully saturated rings. The van der Waals surface area contributed by atoms with Crippen LogP contribution in [0, 0.1) is 0 Å². The van der Waals surface area contributed by atoms with Crippen LogP contribution in [0.5, 0.6) is 0 Å². The van der Waals surface area contributed by atoms with E-state index in [9.17, 15) is 29.4 Å². The highest BCUT2D eigenvalue weighted by molar-refractivity contribution is 6.29. The van der Waals surface area contributed by atoms with Gasteiger partial charge in [0.2, 0.25) is 0 Å². The summed E-state index contributed by atoms with van der Waals surface area (Å²) in [7, 11) is 0. The minimum absolute atomic E-state index is 0.179. The average Bonchev–Trinajstić information content (AvgIpc) is 3.34. The molecular formula is C43H36O6. The lowest BCUT2D eigenvalue weighted by Gasteiger charge is -2.34. The Morgan fingerprint density at radius 2 is 0.918 bits per heavy atom. The van der Waals surface area contributed by atoms with Crippen molar-refractivity contribution < 1.29 is 29.4 Å². The molecule has 0 saturated heterocycles. The minimum atomic E-state index is -1.51. The molecule has 0 atom stereocenters. The maximum Gasteiger partial charge on any atom is 0.194 e. The normalized spacial score (nSPS) is 14.5. The molecule has 0 amide bonds. The average molecular weight is 649 g/mol. The predicted octanol–water partition coefficient (Wildman–Crippen LogP) is 7.12. The van der Waals surface area contributed by atoms with E-state index in [1.165, 1.54) is 27.7 Å². The zero-order chi connectivity index (χ0) is 34.9. The summed E-state index contributed by atoms with van der Waals surface area (Å²) in [4.78, 5) is 53.4. The van der Waals surface area contributed by atoms with Crippen LogP contribution < -0.4 is 0 Å². The molecule has 0 aromatic heterocycles. The summed E-state index contributed by atoms with van der Waals surface area (Å²) in [6.45, 7) is 5.87. The molecule has 6 nitrogen and oxygen atoms in total. The predicted molar refractivity (Wildman–Crippen MR) is 188 cm³/mol. The quantitative estimate of drug-likeness (QED) is 0.170. The van der Waals surface area contributed by atoms with E-state index in [1.807, 2.05) is 54.6 Å². The van der Waals surface area contributed by atoms with Gasteiger partial charge in [0, 0.05) is 38.8 Å². The zero-order valence-corrected chi connectivity index (χ0v) is 27.8. The number of ketones is 4. The molecule has 2 aliphatic carbocycles. The summed E-state index contributed by atoms with van der Waals surface area (Å²) in [6.07, 6.45) is 0.992. The third-order valence-corrected chi connectivity index (χ3v) is 9.87. The number of carbonyl (C=O) groups excluding carboxylic acids is 4. The lowest BCUT2D eigenvalue weighted by molar-refractivity contribution is 0.0487. The van der Waals surface area contributed by atoms with Crippen molar-refractivity contribution in [3.05, 3.63) is 165 Å². The summed E-state index contributed by atoms with van der Waals surface area (Å²) < 4.78 is 0. The number of hydrogen-bond acceptors (Lipinski definition) is 6. The van der Waals surface area contributed by atoms with E-state index in [1.54, 1.807) is 48.5 Å². The summed E-state index contributed by atoms with van der Waals surface area (Å²) >= 11 is 0. The maximum atomic E-state index is 14.0. The Labute approximate surface area is 285 Å². The highest BCUT2D eigenvalue weighted by atomic mass is 16.3. The van der Waals surface area contributed by atoms with Gasteiger partial charge in [-0.05, 0) is 86.1 Å². The molecule has 244 valence electrons. The second-order valence-electron chi connectivity index (χ2n) is 14.3. The van der Waals surface area contributed by atoms with Gasteiger partial charge in [0.25, 0.3) is 0 Å². The Hall–Kier alpha value is -5.30. The van der Waals surface area contributed by atoms with Gasteiger partial charge in [0.05, 0.1) is 0 Å². The number of benzene rings is 5. The number of Topliss-reactive ketones (excluding diaryl/α,β-unsaturated/α-hetero) is 2. The molecule has 49 heavy (non-hydrogen) atoms. The van der Waals surface area contributed by atoms with Crippen LogP contribution in [0.3, 0.4) is 0 Å². The van der Waals surface area contributed by atoms with Crippen molar-refractivity contribution in [1.29, 1.82) is 0 Å². The molecular weight excluding hydrogens is 612 g/mol. The van der Waals surface area contributed by atoms with Crippen LogP contribution in [0.4, 0.5) is 0 Å². The van der Waals surface area contributed by atoms with Gasteiger partial charge in [-0.25, -0.2) is 0 Å². The van der Waals surface area contributed by atoms with E-state index in [-0.39, 0.29) is 23.1 Å². The second-order valence-corrected chi connectivity index (χ2v) is 14.3. The van der Waals surface area contributed by atoms with Crippen molar-refractivity contribution in [2.45, 2.75) is 57.2 Å². The summed E-state index contributed by atoms with van der Waals surface area (Å²) in [5, 5.41) is 20.6. The molecule has 0 unspecified atom stereocenters. The highest BCUT2D eigenvalue weighted by Crippen LogP contribution is 2.53. The van der Waals surface area contributed by atoms with E-state index in [0.717, 1.165) is 33.4 Å². The smallest absolute Gasteiger partial charge is 0.194 e. The van der Waals surface area contributed by atoms with Crippen LogP contribution in [-0.4, -0.2) is 44.5 Å².